The van der Waals surface area contributed by atoms with Crippen molar-refractivity contribution < 1.29 is 4.74 Å². The summed E-state index contributed by atoms with van der Waals surface area (Å²) in [5.41, 5.74) is -0.204. The molecule has 1 aliphatic heterocycles. The van der Waals surface area contributed by atoms with Gasteiger partial charge in [-0.15, -0.1) is 0 Å². The average molecular weight is 196 g/mol. The Labute approximate surface area is 86.6 Å². The lowest BCUT2D eigenvalue weighted by Crippen LogP contribution is -2.60. The van der Waals surface area contributed by atoms with E-state index in [0.29, 0.717) is 13.2 Å². The molecule has 0 amide bonds. The summed E-state index contributed by atoms with van der Waals surface area (Å²) in [6.45, 7) is 7.67. The Balaban J connectivity index is 2.94. The van der Waals surface area contributed by atoms with Crippen LogP contribution in [0.5, 0.6) is 0 Å². The first-order valence-corrected chi connectivity index (χ1v) is 4.99. The predicted molar refractivity (Wildman–Crippen MR) is 55.8 cm³/mol. The lowest BCUT2D eigenvalue weighted by molar-refractivity contribution is -0.137. The molecule has 0 saturated carbocycles. The second-order valence-corrected chi connectivity index (χ2v) is 5.49. The zero-order valence-corrected chi connectivity index (χ0v) is 9.79. The molecule has 0 N–H and O–H groups in total. The molecular formula is C11H20N2O. The van der Waals surface area contributed by atoms with Crippen LogP contribution in [-0.4, -0.2) is 38.3 Å². The Kier molecular flexibility index (Phi) is 2.89. The van der Waals surface area contributed by atoms with Gasteiger partial charge in [-0.2, -0.15) is 5.26 Å². The van der Waals surface area contributed by atoms with Gasteiger partial charge in [0.2, 0.25) is 0 Å². The third-order valence-electron chi connectivity index (χ3n) is 2.80. The number of hydrogen-bond acceptors (Lipinski definition) is 3. The number of rotatable bonds is 2. The molecule has 1 rings (SSSR count). The Hall–Kier alpha value is -0.590. The molecule has 1 unspecified atom stereocenters. The Morgan fingerprint density at radius 3 is 1.93 bits per heavy atom. The van der Waals surface area contributed by atoms with E-state index >= 15 is 0 Å². The second kappa shape index (κ2) is 3.52. The minimum atomic E-state index is -0.304. The summed E-state index contributed by atoms with van der Waals surface area (Å²) in [7, 11) is 4.07. The lowest BCUT2D eigenvalue weighted by atomic mass is 9.67. The van der Waals surface area contributed by atoms with Crippen LogP contribution in [0, 0.1) is 22.2 Å². The number of hydrogen-bond donors (Lipinski definition) is 0. The first-order chi connectivity index (χ1) is 6.33. The maximum atomic E-state index is 9.26. The van der Waals surface area contributed by atoms with Gasteiger partial charge in [-0.1, -0.05) is 20.8 Å². The Bertz CT molecular complexity index is 243. The van der Waals surface area contributed by atoms with Gasteiger partial charge in [0.15, 0.2) is 0 Å². The smallest absolute Gasteiger partial charge is 0.120 e. The predicted octanol–water partition coefficient (Wildman–Crippen LogP) is 1.50. The summed E-state index contributed by atoms with van der Waals surface area (Å²) in [6, 6.07) is 2.68. The molecule has 0 spiro atoms. The quantitative estimate of drug-likeness (QED) is 0.671. The van der Waals surface area contributed by atoms with Crippen molar-refractivity contribution in [3.8, 4) is 6.07 Å². The molecule has 80 valence electrons. The molecule has 0 aromatic rings. The van der Waals surface area contributed by atoms with Gasteiger partial charge < -0.3 is 9.64 Å². The van der Waals surface area contributed by atoms with Crippen molar-refractivity contribution in [3.63, 3.8) is 0 Å². The second-order valence-electron chi connectivity index (χ2n) is 5.49. The highest BCUT2D eigenvalue weighted by Crippen LogP contribution is 2.41. The van der Waals surface area contributed by atoms with Crippen molar-refractivity contribution in [3.05, 3.63) is 0 Å². The number of nitrogens with zero attached hydrogens (tertiary/aromatic N) is 2. The summed E-state index contributed by atoms with van der Waals surface area (Å²) in [5, 5.41) is 9.26. The van der Waals surface area contributed by atoms with Crippen LogP contribution in [0.3, 0.4) is 0 Å². The van der Waals surface area contributed by atoms with Crippen molar-refractivity contribution in [1.29, 1.82) is 5.26 Å². The van der Waals surface area contributed by atoms with E-state index in [9.17, 15) is 5.26 Å². The third-order valence-corrected chi connectivity index (χ3v) is 2.80. The third kappa shape index (κ3) is 1.77. The van der Waals surface area contributed by atoms with Gasteiger partial charge in [-0.05, 0) is 19.5 Å². The van der Waals surface area contributed by atoms with Crippen molar-refractivity contribution >= 4 is 0 Å². The van der Waals surface area contributed by atoms with Gasteiger partial charge in [-0.3, -0.25) is 0 Å². The topological polar surface area (TPSA) is 36.3 Å². The van der Waals surface area contributed by atoms with Gasteiger partial charge in [0.25, 0.3) is 0 Å². The molecule has 0 bridgehead atoms. The first kappa shape index (κ1) is 11.5. The van der Waals surface area contributed by atoms with Crippen LogP contribution < -0.4 is 0 Å². The normalized spacial score (nSPS) is 22.6. The zero-order valence-electron chi connectivity index (χ0n) is 9.79. The van der Waals surface area contributed by atoms with Gasteiger partial charge in [0, 0.05) is 6.04 Å². The number of nitriles is 1. The minimum Gasteiger partial charge on any atom is -0.378 e. The fraction of sp³-hybridized carbons (Fsp3) is 0.909. The zero-order chi connectivity index (χ0) is 11.0. The van der Waals surface area contributed by atoms with Gasteiger partial charge in [0.05, 0.1) is 19.3 Å². The number of ether oxygens (including phenoxy) is 1. The molecule has 1 saturated heterocycles. The maximum absolute atomic E-state index is 9.26. The van der Waals surface area contributed by atoms with Crippen LogP contribution in [-0.2, 0) is 4.74 Å². The Morgan fingerprint density at radius 1 is 1.36 bits per heavy atom. The Morgan fingerprint density at radius 2 is 1.86 bits per heavy atom. The molecule has 1 aliphatic rings. The molecular weight excluding hydrogens is 176 g/mol. The summed E-state index contributed by atoms with van der Waals surface area (Å²) in [5.74, 6) is 0. The molecule has 0 aromatic heterocycles. The van der Waals surface area contributed by atoms with E-state index in [2.05, 4.69) is 31.7 Å². The van der Waals surface area contributed by atoms with Crippen molar-refractivity contribution in [1.82, 2.24) is 4.90 Å². The molecule has 0 aromatic carbocycles. The highest BCUT2D eigenvalue weighted by atomic mass is 16.5. The summed E-state index contributed by atoms with van der Waals surface area (Å²) in [4.78, 5) is 2.14. The molecule has 0 aliphatic carbocycles. The van der Waals surface area contributed by atoms with Crippen molar-refractivity contribution in [2.75, 3.05) is 27.3 Å². The largest absolute Gasteiger partial charge is 0.378 e. The van der Waals surface area contributed by atoms with E-state index in [4.69, 9.17) is 4.74 Å². The fourth-order valence-electron chi connectivity index (χ4n) is 2.70. The van der Waals surface area contributed by atoms with E-state index in [1.165, 1.54) is 0 Å². The van der Waals surface area contributed by atoms with E-state index in [1.807, 2.05) is 14.1 Å². The molecule has 3 heteroatoms. The minimum absolute atomic E-state index is 0.100. The summed E-state index contributed by atoms with van der Waals surface area (Å²) in [6.07, 6.45) is 0. The van der Waals surface area contributed by atoms with Gasteiger partial charge in [-0.25, -0.2) is 0 Å². The average Bonchev–Trinajstić information content (AvgIpc) is 1.92. The maximum Gasteiger partial charge on any atom is 0.120 e. The van der Waals surface area contributed by atoms with Crippen molar-refractivity contribution in [2.24, 2.45) is 10.8 Å². The van der Waals surface area contributed by atoms with Gasteiger partial charge in [0.1, 0.15) is 5.41 Å². The van der Waals surface area contributed by atoms with Crippen molar-refractivity contribution in [2.45, 2.75) is 26.8 Å². The highest BCUT2D eigenvalue weighted by molar-refractivity contribution is 5.13. The van der Waals surface area contributed by atoms with Crippen LogP contribution in [0.1, 0.15) is 20.8 Å². The monoisotopic (exact) mass is 196 g/mol. The van der Waals surface area contributed by atoms with E-state index in [0.717, 1.165) is 0 Å². The first-order valence-electron chi connectivity index (χ1n) is 4.99. The lowest BCUT2D eigenvalue weighted by Gasteiger charge is -2.50. The SMILES string of the molecule is CN(C)C(C(C)(C)C)C1(C#N)COC1. The summed E-state index contributed by atoms with van der Waals surface area (Å²) < 4.78 is 5.21. The van der Waals surface area contributed by atoms with Crippen LogP contribution in [0.2, 0.25) is 0 Å². The fourth-order valence-corrected chi connectivity index (χ4v) is 2.70. The molecule has 0 radical (unpaired) electrons. The van der Waals surface area contributed by atoms with Crippen LogP contribution in [0.15, 0.2) is 0 Å². The van der Waals surface area contributed by atoms with Crippen LogP contribution in [0.25, 0.3) is 0 Å². The molecule has 1 atom stereocenters. The van der Waals surface area contributed by atoms with Crippen LogP contribution >= 0.6 is 0 Å². The van der Waals surface area contributed by atoms with E-state index < -0.39 is 0 Å². The van der Waals surface area contributed by atoms with Gasteiger partial charge >= 0.3 is 0 Å². The highest BCUT2D eigenvalue weighted by Gasteiger charge is 2.51. The molecule has 1 fully saturated rings. The standard InChI is InChI=1S/C11H20N2O/c1-10(2,3)9(13(4)5)11(6-12)7-14-8-11/h9H,7-8H2,1-5H3. The van der Waals surface area contributed by atoms with E-state index in [1.54, 1.807) is 0 Å². The molecule has 3 nitrogen and oxygen atoms in total. The van der Waals surface area contributed by atoms with E-state index in [-0.39, 0.29) is 16.9 Å². The molecule has 1 heterocycles. The molecule has 14 heavy (non-hydrogen) atoms. The summed E-state index contributed by atoms with van der Waals surface area (Å²) >= 11 is 0. The van der Waals surface area contributed by atoms with Crippen LogP contribution in [0.4, 0.5) is 0 Å².